The molecule has 2 heteroatoms. The molecule has 0 fully saturated rings. The van der Waals surface area contributed by atoms with Gasteiger partial charge < -0.3 is 4.57 Å². The normalized spacial score (nSPS) is 11.3. The summed E-state index contributed by atoms with van der Waals surface area (Å²) in [6.45, 7) is 0. The molecule has 0 aliphatic heterocycles. The second kappa shape index (κ2) is 7.51. The van der Waals surface area contributed by atoms with Crippen LogP contribution >= 0.6 is 0 Å². The van der Waals surface area contributed by atoms with Crippen molar-refractivity contribution < 1.29 is 4.57 Å². The third-order valence-electron chi connectivity index (χ3n) is 6.28. The number of aryl methyl sites for hydroxylation is 1. The smallest absolute Gasteiger partial charge is 0.227 e. The average molecular weight is 412 g/mol. The van der Waals surface area contributed by atoms with Crippen molar-refractivity contribution in [1.29, 1.82) is 0 Å². The van der Waals surface area contributed by atoms with Gasteiger partial charge in [0.25, 0.3) is 0 Å². The molecule has 0 saturated heterocycles. The molecule has 2 heterocycles. The van der Waals surface area contributed by atoms with Crippen molar-refractivity contribution in [2.45, 2.75) is 0 Å². The first-order valence-corrected chi connectivity index (χ1v) is 10.9. The molecule has 0 bridgehead atoms. The third kappa shape index (κ3) is 2.84. The number of benzene rings is 4. The zero-order chi connectivity index (χ0) is 21.5. The number of pyridine rings is 1. The summed E-state index contributed by atoms with van der Waals surface area (Å²) in [6, 6.07) is 40.8. The number of para-hydroxylation sites is 2. The van der Waals surface area contributed by atoms with E-state index in [0.29, 0.717) is 0 Å². The van der Waals surface area contributed by atoms with Crippen molar-refractivity contribution in [2.75, 3.05) is 0 Å². The predicted octanol–water partition coefficient (Wildman–Crippen LogP) is 6.94. The molecule has 152 valence electrons. The predicted molar refractivity (Wildman–Crippen MR) is 133 cm³/mol. The molecule has 0 radical (unpaired) electrons. The van der Waals surface area contributed by atoms with Gasteiger partial charge in [-0.15, -0.1) is 0 Å². The number of hydrogen-bond donors (Lipinski definition) is 0. The Balaban J connectivity index is 1.89. The molecular formula is C30H23N2+. The van der Waals surface area contributed by atoms with E-state index in [4.69, 9.17) is 0 Å². The summed E-state index contributed by atoms with van der Waals surface area (Å²) in [5.41, 5.74) is 8.48. The Bertz CT molecular complexity index is 1550. The van der Waals surface area contributed by atoms with Gasteiger partial charge in [-0.05, 0) is 23.8 Å². The van der Waals surface area contributed by atoms with E-state index in [9.17, 15) is 0 Å². The van der Waals surface area contributed by atoms with Crippen molar-refractivity contribution >= 4 is 21.8 Å². The lowest BCUT2D eigenvalue weighted by Crippen LogP contribution is -2.34. The highest BCUT2D eigenvalue weighted by molar-refractivity contribution is 6.16. The first-order valence-electron chi connectivity index (χ1n) is 10.9. The van der Waals surface area contributed by atoms with Crippen LogP contribution in [0.25, 0.3) is 49.9 Å². The summed E-state index contributed by atoms with van der Waals surface area (Å²) < 4.78 is 4.66. The molecule has 0 atom stereocenters. The molecule has 6 rings (SSSR count). The first kappa shape index (κ1) is 18.6. The molecule has 2 nitrogen and oxygen atoms in total. The van der Waals surface area contributed by atoms with Crippen LogP contribution in [0.2, 0.25) is 0 Å². The van der Waals surface area contributed by atoms with E-state index >= 15 is 0 Å². The van der Waals surface area contributed by atoms with Gasteiger partial charge in [-0.1, -0.05) is 84.9 Å². The van der Waals surface area contributed by atoms with Crippen molar-refractivity contribution in [3.05, 3.63) is 121 Å². The monoisotopic (exact) mass is 411 g/mol. The molecule has 0 aliphatic rings. The Morgan fingerprint density at radius 3 is 1.81 bits per heavy atom. The summed E-state index contributed by atoms with van der Waals surface area (Å²) in [5.74, 6) is 0. The zero-order valence-electron chi connectivity index (χ0n) is 17.9. The summed E-state index contributed by atoms with van der Waals surface area (Å²) in [5, 5.41) is 2.57. The van der Waals surface area contributed by atoms with Gasteiger partial charge in [-0.25, -0.2) is 0 Å². The van der Waals surface area contributed by atoms with Gasteiger partial charge in [0.1, 0.15) is 5.52 Å². The van der Waals surface area contributed by atoms with E-state index < -0.39 is 0 Å². The van der Waals surface area contributed by atoms with Crippen molar-refractivity contribution in [2.24, 2.45) is 7.05 Å². The molecule has 4 aromatic carbocycles. The molecular weight excluding hydrogens is 388 g/mol. The van der Waals surface area contributed by atoms with Crippen LogP contribution in [0.5, 0.6) is 0 Å². The summed E-state index contributed by atoms with van der Waals surface area (Å²) in [6.07, 6.45) is 2.29. The minimum Gasteiger partial charge on any atom is -0.339 e. The van der Waals surface area contributed by atoms with E-state index in [1.807, 2.05) is 0 Å². The van der Waals surface area contributed by atoms with E-state index in [-0.39, 0.29) is 0 Å². The Morgan fingerprint density at radius 2 is 1.12 bits per heavy atom. The highest BCUT2D eigenvalue weighted by Crippen LogP contribution is 2.40. The largest absolute Gasteiger partial charge is 0.339 e. The minimum atomic E-state index is 1.15. The molecule has 0 aliphatic carbocycles. The molecule has 0 amide bonds. The maximum Gasteiger partial charge on any atom is 0.227 e. The second-order valence-corrected chi connectivity index (χ2v) is 8.13. The first-order chi connectivity index (χ1) is 15.8. The summed E-state index contributed by atoms with van der Waals surface area (Å²) in [7, 11) is 2.16. The van der Waals surface area contributed by atoms with Gasteiger partial charge in [0.05, 0.1) is 5.56 Å². The van der Waals surface area contributed by atoms with Crippen LogP contribution in [0.15, 0.2) is 121 Å². The second-order valence-electron chi connectivity index (χ2n) is 8.13. The SMILES string of the molecule is Cn1c2ccccc2c2c(-c3ccccc3)c(-c3ccccc3)[n+](-c3ccccc3)cc21. The Labute approximate surface area is 187 Å². The topological polar surface area (TPSA) is 8.81 Å². The fourth-order valence-corrected chi connectivity index (χ4v) is 4.81. The van der Waals surface area contributed by atoms with Crippen molar-refractivity contribution in [1.82, 2.24) is 4.57 Å². The van der Waals surface area contributed by atoms with Crippen LogP contribution in [0, 0.1) is 0 Å². The Hall–Kier alpha value is -4.17. The van der Waals surface area contributed by atoms with E-state index in [2.05, 4.69) is 138 Å². The van der Waals surface area contributed by atoms with Gasteiger partial charge >= 0.3 is 0 Å². The van der Waals surface area contributed by atoms with Gasteiger partial charge in [0.2, 0.25) is 11.4 Å². The fourth-order valence-electron chi connectivity index (χ4n) is 4.81. The summed E-state index contributed by atoms with van der Waals surface area (Å²) >= 11 is 0. The number of fused-ring (bicyclic) bond motifs is 3. The van der Waals surface area contributed by atoms with Crippen LogP contribution in [0.1, 0.15) is 0 Å². The number of rotatable bonds is 3. The highest BCUT2D eigenvalue weighted by Gasteiger charge is 2.28. The molecule has 0 saturated carbocycles. The Morgan fingerprint density at radius 1 is 0.562 bits per heavy atom. The standard InChI is InChI=1S/C30H23N2/c1-31-26-20-12-11-19-25(26)29-27(31)21-32(24-17-9-4-10-18-24)30(23-15-7-3-8-16-23)28(29)22-13-5-2-6-14-22/h2-21H,1H3/q+1. The van der Waals surface area contributed by atoms with E-state index in [1.165, 1.54) is 44.2 Å². The van der Waals surface area contributed by atoms with Crippen LogP contribution in [0.4, 0.5) is 0 Å². The number of nitrogens with zero attached hydrogens (tertiary/aromatic N) is 2. The molecule has 0 N–H and O–H groups in total. The third-order valence-corrected chi connectivity index (χ3v) is 6.28. The van der Waals surface area contributed by atoms with E-state index in [1.54, 1.807) is 0 Å². The molecule has 2 aromatic heterocycles. The molecule has 0 unspecified atom stereocenters. The van der Waals surface area contributed by atoms with Gasteiger partial charge in [-0.2, -0.15) is 4.57 Å². The van der Waals surface area contributed by atoms with Crippen molar-refractivity contribution in [3.63, 3.8) is 0 Å². The highest BCUT2D eigenvalue weighted by atomic mass is 15.0. The van der Waals surface area contributed by atoms with Crippen LogP contribution in [-0.4, -0.2) is 4.57 Å². The van der Waals surface area contributed by atoms with Crippen LogP contribution < -0.4 is 4.57 Å². The minimum absolute atomic E-state index is 1.15. The quantitative estimate of drug-likeness (QED) is 0.279. The molecule has 32 heavy (non-hydrogen) atoms. The molecule has 6 aromatic rings. The van der Waals surface area contributed by atoms with Crippen LogP contribution in [0.3, 0.4) is 0 Å². The fraction of sp³-hybridized carbons (Fsp3) is 0.0333. The lowest BCUT2D eigenvalue weighted by molar-refractivity contribution is -0.582. The van der Waals surface area contributed by atoms with Gasteiger partial charge in [0, 0.05) is 41.0 Å². The van der Waals surface area contributed by atoms with Crippen LogP contribution in [-0.2, 0) is 7.05 Å². The van der Waals surface area contributed by atoms with Gasteiger partial charge in [0.15, 0.2) is 6.20 Å². The maximum absolute atomic E-state index is 2.35. The number of hydrogen-bond acceptors (Lipinski definition) is 0. The van der Waals surface area contributed by atoms with E-state index in [0.717, 1.165) is 5.69 Å². The lowest BCUT2D eigenvalue weighted by Gasteiger charge is -2.12. The average Bonchev–Trinajstić information content (AvgIpc) is 3.16. The Kier molecular flexibility index (Phi) is 4.36. The lowest BCUT2D eigenvalue weighted by atomic mass is 9.94. The summed E-state index contributed by atoms with van der Waals surface area (Å²) in [4.78, 5) is 0. The van der Waals surface area contributed by atoms with Crippen molar-refractivity contribution in [3.8, 4) is 28.1 Å². The molecule has 0 spiro atoms. The van der Waals surface area contributed by atoms with Gasteiger partial charge in [-0.3, -0.25) is 0 Å². The number of aromatic nitrogens is 2. The zero-order valence-corrected chi connectivity index (χ0v) is 17.9. The maximum atomic E-state index is 2.35.